The van der Waals surface area contributed by atoms with Crippen molar-refractivity contribution in [3.05, 3.63) is 41.2 Å². The summed E-state index contributed by atoms with van der Waals surface area (Å²) in [5, 5.41) is 9.57. The number of aryl methyl sites for hydroxylation is 2. The molecular weight excluding hydrogens is 308 g/mol. The first-order valence-electron chi connectivity index (χ1n) is 7.72. The molecule has 0 spiro atoms. The number of ether oxygens (including phenoxy) is 1. The molecule has 0 unspecified atom stereocenters. The van der Waals surface area contributed by atoms with E-state index in [1.54, 1.807) is 31.4 Å². The van der Waals surface area contributed by atoms with Crippen molar-refractivity contribution < 1.29 is 14.3 Å². The molecule has 0 atom stereocenters. The van der Waals surface area contributed by atoms with E-state index in [9.17, 15) is 9.59 Å². The van der Waals surface area contributed by atoms with Gasteiger partial charge in [-0.05, 0) is 45.0 Å². The summed E-state index contributed by atoms with van der Waals surface area (Å²) in [5.74, 6) is -0.719. The Kier molecular flexibility index (Phi) is 5.57. The molecule has 0 aliphatic rings. The van der Waals surface area contributed by atoms with Gasteiger partial charge >= 0.3 is 11.8 Å². The first-order chi connectivity index (χ1) is 11.5. The van der Waals surface area contributed by atoms with E-state index in [0.29, 0.717) is 11.4 Å². The fraction of sp³-hybridized carbons (Fsp3) is 0.353. The molecule has 0 saturated heterocycles. The molecule has 24 heavy (non-hydrogen) atoms. The summed E-state index contributed by atoms with van der Waals surface area (Å²) in [5.41, 5.74) is 3.31. The van der Waals surface area contributed by atoms with E-state index in [1.807, 2.05) is 25.5 Å². The van der Waals surface area contributed by atoms with Crippen molar-refractivity contribution in [2.24, 2.45) is 0 Å². The summed E-state index contributed by atoms with van der Waals surface area (Å²) in [4.78, 5) is 23.9. The molecule has 2 aromatic rings. The number of hydrogen-bond acceptors (Lipinski definition) is 4. The minimum Gasteiger partial charge on any atom is -0.497 e. The van der Waals surface area contributed by atoms with E-state index in [4.69, 9.17) is 4.74 Å². The van der Waals surface area contributed by atoms with E-state index in [1.165, 1.54) is 0 Å². The van der Waals surface area contributed by atoms with Crippen molar-refractivity contribution in [2.75, 3.05) is 12.4 Å². The third-order valence-electron chi connectivity index (χ3n) is 3.81. The van der Waals surface area contributed by atoms with Crippen LogP contribution in [0.1, 0.15) is 23.9 Å². The quantitative estimate of drug-likeness (QED) is 0.819. The van der Waals surface area contributed by atoms with Gasteiger partial charge in [0.1, 0.15) is 5.75 Å². The summed E-state index contributed by atoms with van der Waals surface area (Å²) in [6.45, 7) is 6.87. The minimum atomic E-state index is -0.710. The lowest BCUT2D eigenvalue weighted by atomic mass is 10.2. The maximum Gasteiger partial charge on any atom is 0.313 e. The maximum absolute atomic E-state index is 12.0. The molecule has 0 radical (unpaired) electrons. The fourth-order valence-electron chi connectivity index (χ4n) is 2.41. The summed E-state index contributed by atoms with van der Waals surface area (Å²) >= 11 is 0. The zero-order chi connectivity index (χ0) is 17.7. The van der Waals surface area contributed by atoms with Crippen molar-refractivity contribution in [2.45, 2.75) is 33.9 Å². The first-order valence-corrected chi connectivity index (χ1v) is 7.72. The summed E-state index contributed by atoms with van der Waals surface area (Å²) in [7, 11) is 1.56. The predicted molar refractivity (Wildman–Crippen MR) is 90.8 cm³/mol. The molecule has 0 saturated carbocycles. The SMILES string of the molecule is CCn1nc(C)c(CNC(=O)C(=O)Nc2ccc(OC)cc2)c1C. The van der Waals surface area contributed by atoms with Crippen LogP contribution >= 0.6 is 0 Å². The topological polar surface area (TPSA) is 85.2 Å². The van der Waals surface area contributed by atoms with Gasteiger partial charge < -0.3 is 15.4 Å². The number of carbonyl (C=O) groups is 2. The Hall–Kier alpha value is -2.83. The summed E-state index contributed by atoms with van der Waals surface area (Å²) in [6.07, 6.45) is 0. The van der Waals surface area contributed by atoms with Gasteiger partial charge in [0.05, 0.1) is 12.8 Å². The summed E-state index contributed by atoms with van der Waals surface area (Å²) in [6, 6.07) is 6.76. The van der Waals surface area contributed by atoms with Crippen LogP contribution in [-0.2, 0) is 22.7 Å². The van der Waals surface area contributed by atoms with Crippen LogP contribution in [0.5, 0.6) is 5.75 Å². The highest BCUT2D eigenvalue weighted by Crippen LogP contribution is 2.15. The molecular formula is C17H22N4O3. The molecule has 7 heteroatoms. The van der Waals surface area contributed by atoms with E-state index < -0.39 is 11.8 Å². The lowest BCUT2D eigenvalue weighted by Gasteiger charge is -2.08. The van der Waals surface area contributed by atoms with Crippen LogP contribution in [0, 0.1) is 13.8 Å². The number of nitrogens with zero attached hydrogens (tertiary/aromatic N) is 2. The number of nitrogens with one attached hydrogen (secondary N) is 2. The molecule has 2 rings (SSSR count). The van der Waals surface area contributed by atoms with Crippen molar-refractivity contribution in [3.8, 4) is 5.75 Å². The van der Waals surface area contributed by atoms with Gasteiger partial charge in [-0.25, -0.2) is 0 Å². The second-order valence-electron chi connectivity index (χ2n) is 5.33. The fourth-order valence-corrected chi connectivity index (χ4v) is 2.41. The van der Waals surface area contributed by atoms with Gasteiger partial charge in [-0.1, -0.05) is 0 Å². The lowest BCUT2D eigenvalue weighted by molar-refractivity contribution is -0.136. The zero-order valence-electron chi connectivity index (χ0n) is 14.3. The maximum atomic E-state index is 12.0. The van der Waals surface area contributed by atoms with Crippen LogP contribution in [0.15, 0.2) is 24.3 Å². The number of carbonyl (C=O) groups excluding carboxylic acids is 2. The largest absolute Gasteiger partial charge is 0.497 e. The Morgan fingerprint density at radius 2 is 1.83 bits per heavy atom. The van der Waals surface area contributed by atoms with Gasteiger partial charge in [0.25, 0.3) is 0 Å². The molecule has 1 heterocycles. The highest BCUT2D eigenvalue weighted by atomic mass is 16.5. The molecule has 0 aliphatic heterocycles. The smallest absolute Gasteiger partial charge is 0.313 e. The second-order valence-corrected chi connectivity index (χ2v) is 5.33. The third-order valence-corrected chi connectivity index (χ3v) is 3.81. The van der Waals surface area contributed by atoms with Crippen LogP contribution in [-0.4, -0.2) is 28.7 Å². The molecule has 1 aromatic carbocycles. The minimum absolute atomic E-state index is 0.270. The van der Waals surface area contributed by atoms with Gasteiger partial charge in [0, 0.05) is 30.0 Å². The van der Waals surface area contributed by atoms with E-state index in [-0.39, 0.29) is 6.54 Å². The van der Waals surface area contributed by atoms with Gasteiger partial charge in [-0.2, -0.15) is 5.10 Å². The number of hydrogen-bond donors (Lipinski definition) is 2. The molecule has 0 fully saturated rings. The van der Waals surface area contributed by atoms with Crippen LogP contribution < -0.4 is 15.4 Å². The highest BCUT2D eigenvalue weighted by molar-refractivity contribution is 6.39. The zero-order valence-corrected chi connectivity index (χ0v) is 14.3. The van der Waals surface area contributed by atoms with Crippen LogP contribution in [0.3, 0.4) is 0 Å². The van der Waals surface area contributed by atoms with E-state index in [0.717, 1.165) is 23.5 Å². The number of amides is 2. The van der Waals surface area contributed by atoms with Crippen LogP contribution in [0.25, 0.3) is 0 Å². The van der Waals surface area contributed by atoms with Gasteiger partial charge in [-0.3, -0.25) is 14.3 Å². The Balaban J connectivity index is 1.94. The number of benzene rings is 1. The lowest BCUT2D eigenvalue weighted by Crippen LogP contribution is -2.35. The molecule has 0 aliphatic carbocycles. The summed E-state index contributed by atoms with van der Waals surface area (Å²) < 4.78 is 6.91. The van der Waals surface area contributed by atoms with Gasteiger partial charge in [0.15, 0.2) is 0 Å². The van der Waals surface area contributed by atoms with Crippen molar-refractivity contribution in [3.63, 3.8) is 0 Å². The van der Waals surface area contributed by atoms with Crippen molar-refractivity contribution in [1.29, 1.82) is 0 Å². The molecule has 7 nitrogen and oxygen atoms in total. The first kappa shape index (κ1) is 17.5. The number of rotatable bonds is 5. The monoisotopic (exact) mass is 330 g/mol. The number of anilines is 1. The van der Waals surface area contributed by atoms with E-state index in [2.05, 4.69) is 15.7 Å². The average molecular weight is 330 g/mol. The molecule has 128 valence electrons. The Morgan fingerprint density at radius 1 is 1.17 bits per heavy atom. The van der Waals surface area contributed by atoms with Crippen LogP contribution in [0.4, 0.5) is 5.69 Å². The van der Waals surface area contributed by atoms with Gasteiger partial charge in [0.2, 0.25) is 0 Å². The molecule has 2 amide bonds. The highest BCUT2D eigenvalue weighted by Gasteiger charge is 2.16. The second kappa shape index (κ2) is 7.63. The number of aromatic nitrogens is 2. The average Bonchev–Trinajstić information content (AvgIpc) is 2.86. The van der Waals surface area contributed by atoms with Crippen molar-refractivity contribution >= 4 is 17.5 Å². The van der Waals surface area contributed by atoms with Gasteiger partial charge in [-0.15, -0.1) is 0 Å². The Bertz CT molecular complexity index is 735. The predicted octanol–water partition coefficient (Wildman–Crippen LogP) is 1.78. The Labute approximate surface area is 141 Å². The number of methoxy groups -OCH3 is 1. The molecule has 2 N–H and O–H groups in total. The van der Waals surface area contributed by atoms with Crippen molar-refractivity contribution in [1.82, 2.24) is 15.1 Å². The molecule has 0 bridgehead atoms. The Morgan fingerprint density at radius 3 is 2.38 bits per heavy atom. The third kappa shape index (κ3) is 3.92. The van der Waals surface area contributed by atoms with E-state index >= 15 is 0 Å². The standard InChI is InChI=1S/C17H22N4O3/c1-5-21-12(3)15(11(2)20-21)10-18-16(22)17(23)19-13-6-8-14(24-4)9-7-13/h6-9H,5,10H2,1-4H3,(H,18,22)(H,19,23). The normalized spacial score (nSPS) is 10.3. The molecule has 1 aromatic heterocycles. The van der Waals surface area contributed by atoms with Crippen LogP contribution in [0.2, 0.25) is 0 Å².